The Morgan fingerprint density at radius 1 is 1.19 bits per heavy atom. The Labute approximate surface area is 193 Å². The molecule has 0 atom stereocenters. The Bertz CT molecular complexity index is 1150. The Morgan fingerprint density at radius 3 is 2.59 bits per heavy atom. The topological polar surface area (TPSA) is 111 Å². The molecular formula is C20H20Cl2N6O4. The molecule has 0 saturated carbocycles. The van der Waals surface area contributed by atoms with E-state index in [1.807, 2.05) is 12.1 Å². The molecule has 0 bridgehead atoms. The largest absolute Gasteiger partial charge is 0.361 e. The number of benzene rings is 1. The van der Waals surface area contributed by atoms with Crippen molar-refractivity contribution in [2.75, 3.05) is 26.2 Å². The van der Waals surface area contributed by atoms with Gasteiger partial charge in [-0.3, -0.25) is 24.5 Å². The molecule has 168 valence electrons. The van der Waals surface area contributed by atoms with E-state index in [4.69, 9.17) is 27.7 Å². The highest BCUT2D eigenvalue weighted by molar-refractivity contribution is 6.42. The molecule has 0 aliphatic carbocycles. The van der Waals surface area contributed by atoms with Gasteiger partial charge >= 0.3 is 5.69 Å². The number of rotatable bonds is 6. The number of carbonyl (C=O) groups excluding carboxylic acids is 1. The van der Waals surface area contributed by atoms with Crippen LogP contribution >= 0.6 is 23.2 Å². The number of halogens is 2. The van der Waals surface area contributed by atoms with Crippen molar-refractivity contribution in [1.82, 2.24) is 24.7 Å². The minimum absolute atomic E-state index is 0.120. The van der Waals surface area contributed by atoms with E-state index in [-0.39, 0.29) is 23.8 Å². The van der Waals surface area contributed by atoms with Crippen LogP contribution in [-0.4, -0.2) is 61.7 Å². The summed E-state index contributed by atoms with van der Waals surface area (Å²) in [5.74, 6) is 0.248. The van der Waals surface area contributed by atoms with Crippen molar-refractivity contribution < 1.29 is 14.2 Å². The molecule has 1 aliphatic rings. The predicted octanol–water partition coefficient (Wildman–Crippen LogP) is 3.40. The average Bonchev–Trinajstić information content (AvgIpc) is 3.39. The SMILES string of the molecule is Cc1onc(C(=O)N2CCN(Cc3ccc(Cl)c(Cl)c3)CC2)c1Cn1cc([N+](=O)[O-])cn1. The van der Waals surface area contributed by atoms with Gasteiger partial charge in [-0.05, 0) is 24.6 Å². The van der Waals surface area contributed by atoms with Crippen LogP contribution in [0.15, 0.2) is 35.1 Å². The van der Waals surface area contributed by atoms with E-state index >= 15 is 0 Å². The minimum Gasteiger partial charge on any atom is -0.361 e. The maximum atomic E-state index is 13.1. The third kappa shape index (κ3) is 4.77. The molecular weight excluding hydrogens is 459 g/mol. The van der Waals surface area contributed by atoms with Gasteiger partial charge in [0.1, 0.15) is 18.2 Å². The zero-order valence-electron chi connectivity index (χ0n) is 17.2. The maximum absolute atomic E-state index is 13.1. The first-order chi connectivity index (χ1) is 15.3. The lowest BCUT2D eigenvalue weighted by atomic mass is 10.1. The summed E-state index contributed by atoms with van der Waals surface area (Å²) in [5.41, 5.74) is 1.71. The van der Waals surface area contributed by atoms with E-state index in [9.17, 15) is 14.9 Å². The van der Waals surface area contributed by atoms with E-state index in [1.54, 1.807) is 17.9 Å². The fourth-order valence-electron chi connectivity index (χ4n) is 3.60. The molecule has 4 rings (SSSR count). The van der Waals surface area contributed by atoms with Crippen molar-refractivity contribution in [2.45, 2.75) is 20.0 Å². The number of aromatic nitrogens is 3. The van der Waals surface area contributed by atoms with E-state index in [0.717, 1.165) is 11.8 Å². The molecule has 0 N–H and O–H groups in total. The third-order valence-electron chi connectivity index (χ3n) is 5.39. The number of aryl methyl sites for hydroxylation is 1. The average molecular weight is 479 g/mol. The molecule has 1 amide bonds. The first-order valence-corrected chi connectivity index (χ1v) is 10.6. The Kier molecular flexibility index (Phi) is 6.45. The molecule has 1 aromatic carbocycles. The maximum Gasteiger partial charge on any atom is 0.307 e. The summed E-state index contributed by atoms with van der Waals surface area (Å²) >= 11 is 12.1. The number of hydrogen-bond donors (Lipinski definition) is 0. The Balaban J connectivity index is 1.40. The van der Waals surface area contributed by atoms with E-state index in [2.05, 4.69) is 15.2 Å². The fraction of sp³-hybridized carbons (Fsp3) is 0.350. The van der Waals surface area contributed by atoms with Gasteiger partial charge in [-0.2, -0.15) is 5.10 Å². The highest BCUT2D eigenvalue weighted by atomic mass is 35.5. The fourth-order valence-corrected chi connectivity index (χ4v) is 3.92. The quantitative estimate of drug-likeness (QED) is 0.394. The van der Waals surface area contributed by atoms with Gasteiger partial charge in [0.25, 0.3) is 5.91 Å². The van der Waals surface area contributed by atoms with Gasteiger partial charge in [-0.15, -0.1) is 0 Å². The van der Waals surface area contributed by atoms with Crippen LogP contribution in [0.3, 0.4) is 0 Å². The number of hydrogen-bond acceptors (Lipinski definition) is 7. The Morgan fingerprint density at radius 2 is 1.94 bits per heavy atom. The van der Waals surface area contributed by atoms with Gasteiger partial charge in [-0.25, -0.2) is 0 Å². The normalized spacial score (nSPS) is 14.7. The van der Waals surface area contributed by atoms with Gasteiger partial charge in [-0.1, -0.05) is 34.4 Å². The van der Waals surface area contributed by atoms with Crippen molar-refractivity contribution in [3.05, 3.63) is 73.3 Å². The summed E-state index contributed by atoms with van der Waals surface area (Å²) in [6.45, 7) is 5.05. The smallest absolute Gasteiger partial charge is 0.307 e. The molecule has 10 nitrogen and oxygen atoms in total. The summed E-state index contributed by atoms with van der Waals surface area (Å²) in [5, 5.41) is 19.9. The van der Waals surface area contributed by atoms with Crippen LogP contribution in [0, 0.1) is 17.0 Å². The first-order valence-electron chi connectivity index (χ1n) is 9.89. The van der Waals surface area contributed by atoms with Crippen molar-refractivity contribution in [3.8, 4) is 0 Å². The third-order valence-corrected chi connectivity index (χ3v) is 6.13. The van der Waals surface area contributed by atoms with Gasteiger partial charge in [0.15, 0.2) is 5.69 Å². The van der Waals surface area contributed by atoms with E-state index in [1.165, 1.54) is 10.9 Å². The molecule has 1 saturated heterocycles. The number of nitro groups is 1. The van der Waals surface area contributed by atoms with Crippen LogP contribution in [0.4, 0.5) is 5.69 Å². The van der Waals surface area contributed by atoms with E-state index < -0.39 is 4.92 Å². The summed E-state index contributed by atoms with van der Waals surface area (Å²) in [6, 6.07) is 5.57. The van der Waals surface area contributed by atoms with Gasteiger partial charge in [0.05, 0.1) is 21.5 Å². The molecule has 32 heavy (non-hydrogen) atoms. The zero-order chi connectivity index (χ0) is 22.8. The summed E-state index contributed by atoms with van der Waals surface area (Å²) in [7, 11) is 0. The molecule has 3 heterocycles. The van der Waals surface area contributed by atoms with Crippen LogP contribution < -0.4 is 0 Å². The molecule has 0 radical (unpaired) electrons. The number of piperazine rings is 1. The summed E-state index contributed by atoms with van der Waals surface area (Å²) in [6.07, 6.45) is 2.47. The van der Waals surface area contributed by atoms with Crippen molar-refractivity contribution in [2.24, 2.45) is 0 Å². The minimum atomic E-state index is -0.520. The molecule has 1 aliphatic heterocycles. The summed E-state index contributed by atoms with van der Waals surface area (Å²) in [4.78, 5) is 27.4. The standard InChI is InChI=1S/C20H20Cl2N6O4/c1-13-16(12-27-11-15(9-23-27)28(30)31)19(24-32-13)20(29)26-6-4-25(5-7-26)10-14-2-3-17(21)18(22)8-14/h2-3,8-9,11H,4-7,10,12H2,1H3. The summed E-state index contributed by atoms with van der Waals surface area (Å²) < 4.78 is 6.64. The predicted molar refractivity (Wildman–Crippen MR) is 117 cm³/mol. The van der Waals surface area contributed by atoms with Crippen molar-refractivity contribution >= 4 is 34.8 Å². The second kappa shape index (κ2) is 9.27. The van der Waals surface area contributed by atoms with Crippen molar-refractivity contribution in [3.63, 3.8) is 0 Å². The van der Waals surface area contributed by atoms with Gasteiger partial charge < -0.3 is 9.42 Å². The van der Waals surface area contributed by atoms with Crippen LogP contribution in [0.1, 0.15) is 27.4 Å². The highest BCUT2D eigenvalue weighted by Crippen LogP contribution is 2.24. The number of nitrogens with zero attached hydrogens (tertiary/aromatic N) is 6. The van der Waals surface area contributed by atoms with Gasteiger partial charge in [0, 0.05) is 38.3 Å². The number of carbonyl (C=O) groups is 1. The second-order valence-corrected chi connectivity index (χ2v) is 8.35. The molecule has 0 unspecified atom stereocenters. The van der Waals surface area contributed by atoms with Crippen molar-refractivity contribution in [1.29, 1.82) is 0 Å². The molecule has 3 aromatic rings. The lowest BCUT2D eigenvalue weighted by Gasteiger charge is -2.34. The van der Waals surface area contributed by atoms with Crippen LogP contribution in [0.5, 0.6) is 0 Å². The van der Waals surface area contributed by atoms with Crippen LogP contribution in [0.25, 0.3) is 0 Å². The number of amides is 1. The second-order valence-electron chi connectivity index (χ2n) is 7.54. The van der Waals surface area contributed by atoms with Gasteiger partial charge in [0.2, 0.25) is 0 Å². The lowest BCUT2D eigenvalue weighted by molar-refractivity contribution is -0.385. The monoisotopic (exact) mass is 478 g/mol. The zero-order valence-corrected chi connectivity index (χ0v) is 18.7. The van der Waals surface area contributed by atoms with Crippen LogP contribution in [0.2, 0.25) is 10.0 Å². The van der Waals surface area contributed by atoms with E-state index in [0.29, 0.717) is 54.1 Å². The Hall–Kier alpha value is -2.95. The molecule has 0 spiro atoms. The molecule has 2 aromatic heterocycles. The van der Waals surface area contributed by atoms with Crippen LogP contribution in [-0.2, 0) is 13.1 Å². The highest BCUT2D eigenvalue weighted by Gasteiger charge is 2.28. The first kappa shape index (κ1) is 22.3. The molecule has 12 heteroatoms. The molecule has 1 fully saturated rings. The lowest BCUT2D eigenvalue weighted by Crippen LogP contribution is -2.48.